The van der Waals surface area contributed by atoms with Crippen LogP contribution in [0.3, 0.4) is 0 Å². The molecule has 7 heteroatoms. The summed E-state index contributed by atoms with van der Waals surface area (Å²) in [6.45, 7) is 10.8. The summed E-state index contributed by atoms with van der Waals surface area (Å²) in [6, 6.07) is 14.2. The molecule has 0 spiro atoms. The molecule has 0 saturated carbocycles. The molecule has 2 aromatic carbocycles. The molecular weight excluding hydrogens is 456 g/mol. The van der Waals surface area contributed by atoms with E-state index in [1.165, 1.54) is 0 Å². The molecule has 2 aliphatic rings. The molecule has 2 aromatic rings. The minimum atomic E-state index is -0.653. The predicted octanol–water partition coefficient (Wildman–Crippen LogP) is 4.14. The minimum Gasteiger partial charge on any atom is -0.507 e. The van der Waals surface area contributed by atoms with E-state index in [0.717, 1.165) is 37.2 Å². The lowest BCUT2D eigenvalue weighted by atomic mass is 9.85. The Kier molecular flexibility index (Phi) is 7.81. The van der Waals surface area contributed by atoms with E-state index in [4.69, 9.17) is 9.47 Å². The van der Waals surface area contributed by atoms with Crippen molar-refractivity contribution in [2.45, 2.75) is 38.6 Å². The Labute approximate surface area is 213 Å². The van der Waals surface area contributed by atoms with E-state index in [-0.39, 0.29) is 16.7 Å². The van der Waals surface area contributed by atoms with Gasteiger partial charge in [-0.2, -0.15) is 0 Å². The van der Waals surface area contributed by atoms with Crippen LogP contribution in [0.4, 0.5) is 0 Å². The van der Waals surface area contributed by atoms with Gasteiger partial charge in [0.25, 0.3) is 11.7 Å². The molecule has 2 fully saturated rings. The smallest absolute Gasteiger partial charge is 0.295 e. The third-order valence-electron chi connectivity index (χ3n) is 6.97. The molecule has 2 aliphatic heterocycles. The number of carbonyl (C=O) groups is 2. The fraction of sp³-hybridized carbons (Fsp3) is 0.448. The number of ketones is 1. The quantitative estimate of drug-likeness (QED) is 0.356. The summed E-state index contributed by atoms with van der Waals surface area (Å²) in [5, 5.41) is 11.3. The van der Waals surface area contributed by atoms with Gasteiger partial charge in [-0.25, -0.2) is 0 Å². The molecule has 1 amide bonds. The Hall–Kier alpha value is -3.16. The van der Waals surface area contributed by atoms with Gasteiger partial charge in [0, 0.05) is 31.7 Å². The molecule has 36 heavy (non-hydrogen) atoms. The van der Waals surface area contributed by atoms with E-state index >= 15 is 0 Å². The molecular formula is C29H36N2O5. The normalized spacial score (nSPS) is 20.7. The Balaban J connectivity index is 1.68. The molecule has 2 saturated heterocycles. The van der Waals surface area contributed by atoms with E-state index in [1.807, 2.05) is 24.3 Å². The molecule has 4 rings (SSSR count). The van der Waals surface area contributed by atoms with Crippen LogP contribution < -0.4 is 4.74 Å². The Morgan fingerprint density at radius 1 is 1.00 bits per heavy atom. The third kappa shape index (κ3) is 5.47. The van der Waals surface area contributed by atoms with Crippen LogP contribution >= 0.6 is 0 Å². The summed E-state index contributed by atoms with van der Waals surface area (Å²) in [7, 11) is 1.57. The highest BCUT2D eigenvalue weighted by Gasteiger charge is 2.45. The number of nitrogens with zero attached hydrogens (tertiary/aromatic N) is 2. The molecule has 0 unspecified atom stereocenters. The van der Waals surface area contributed by atoms with Gasteiger partial charge in [-0.1, -0.05) is 45.0 Å². The van der Waals surface area contributed by atoms with E-state index in [0.29, 0.717) is 31.1 Å². The van der Waals surface area contributed by atoms with Crippen molar-refractivity contribution >= 4 is 17.4 Å². The highest BCUT2D eigenvalue weighted by Crippen LogP contribution is 2.40. The van der Waals surface area contributed by atoms with E-state index in [1.54, 1.807) is 36.3 Å². The second-order valence-corrected chi connectivity index (χ2v) is 10.4. The van der Waals surface area contributed by atoms with E-state index in [9.17, 15) is 14.7 Å². The maximum absolute atomic E-state index is 13.3. The number of hydrogen-bond donors (Lipinski definition) is 1. The number of Topliss-reactive ketones (excluding diaryl/α,β-unsaturated/α-hetero) is 1. The van der Waals surface area contributed by atoms with Crippen LogP contribution in [-0.2, 0) is 19.7 Å². The topological polar surface area (TPSA) is 79.3 Å². The van der Waals surface area contributed by atoms with E-state index in [2.05, 4.69) is 25.7 Å². The van der Waals surface area contributed by atoms with Crippen LogP contribution in [0.2, 0.25) is 0 Å². The minimum absolute atomic E-state index is 0.0262. The number of rotatable bonds is 7. The van der Waals surface area contributed by atoms with Crippen LogP contribution in [-0.4, -0.2) is 73.1 Å². The molecule has 1 atom stereocenters. The number of amides is 1. The van der Waals surface area contributed by atoms with Crippen molar-refractivity contribution in [3.05, 3.63) is 70.8 Å². The van der Waals surface area contributed by atoms with Crippen LogP contribution in [0, 0.1) is 0 Å². The van der Waals surface area contributed by atoms with Gasteiger partial charge in [0.2, 0.25) is 0 Å². The zero-order valence-electron chi connectivity index (χ0n) is 21.6. The molecule has 7 nitrogen and oxygen atoms in total. The van der Waals surface area contributed by atoms with Gasteiger partial charge in [-0.05, 0) is 47.2 Å². The first-order valence-electron chi connectivity index (χ1n) is 12.5. The predicted molar refractivity (Wildman–Crippen MR) is 139 cm³/mol. The van der Waals surface area contributed by atoms with Crippen molar-refractivity contribution in [1.29, 1.82) is 0 Å². The third-order valence-corrected chi connectivity index (χ3v) is 6.97. The van der Waals surface area contributed by atoms with Gasteiger partial charge < -0.3 is 19.5 Å². The first kappa shape index (κ1) is 25.9. The van der Waals surface area contributed by atoms with Crippen LogP contribution in [0.25, 0.3) is 5.76 Å². The highest BCUT2D eigenvalue weighted by atomic mass is 16.5. The van der Waals surface area contributed by atoms with Crippen molar-refractivity contribution in [2.75, 3.05) is 46.5 Å². The number of methoxy groups -OCH3 is 1. The summed E-state index contributed by atoms with van der Waals surface area (Å²) in [6.07, 6.45) is 0.728. The Morgan fingerprint density at radius 2 is 1.64 bits per heavy atom. The van der Waals surface area contributed by atoms with Gasteiger partial charge in [-0.15, -0.1) is 0 Å². The van der Waals surface area contributed by atoms with Crippen molar-refractivity contribution in [1.82, 2.24) is 9.80 Å². The van der Waals surface area contributed by atoms with Crippen molar-refractivity contribution in [2.24, 2.45) is 0 Å². The number of carbonyl (C=O) groups excluding carboxylic acids is 2. The second-order valence-electron chi connectivity index (χ2n) is 10.4. The standard InChI is InChI=1S/C29H36N2O5/c1-29(2,3)22-10-6-20(7-11-22)25-24(26(32)21-8-12-23(35-4)13-9-21)27(33)28(34)31(25)15-5-14-30-16-18-36-19-17-30/h6-13,25,32H,5,14-19H2,1-4H3/b26-24+/t25-/m0/s1. The number of aliphatic hydroxyl groups is 1. The summed E-state index contributed by atoms with van der Waals surface area (Å²) in [4.78, 5) is 30.4. The number of aliphatic hydroxyl groups excluding tert-OH is 1. The molecule has 0 radical (unpaired) electrons. The maximum atomic E-state index is 13.3. The Morgan fingerprint density at radius 3 is 2.22 bits per heavy atom. The number of morpholine rings is 1. The molecule has 0 bridgehead atoms. The van der Waals surface area contributed by atoms with Gasteiger partial charge >= 0.3 is 0 Å². The van der Waals surface area contributed by atoms with Crippen LogP contribution in [0.15, 0.2) is 54.1 Å². The lowest BCUT2D eigenvalue weighted by Gasteiger charge is -2.29. The first-order valence-corrected chi connectivity index (χ1v) is 12.5. The maximum Gasteiger partial charge on any atom is 0.295 e. The van der Waals surface area contributed by atoms with E-state index < -0.39 is 17.7 Å². The summed E-state index contributed by atoms with van der Waals surface area (Å²) in [5.41, 5.74) is 2.54. The lowest BCUT2D eigenvalue weighted by molar-refractivity contribution is -0.140. The molecule has 192 valence electrons. The molecule has 0 aromatic heterocycles. The first-order chi connectivity index (χ1) is 17.2. The summed E-state index contributed by atoms with van der Waals surface area (Å²) < 4.78 is 10.6. The average molecular weight is 493 g/mol. The van der Waals surface area contributed by atoms with Gasteiger partial charge in [-0.3, -0.25) is 14.5 Å². The Bertz CT molecular complexity index is 1110. The number of ether oxygens (including phenoxy) is 2. The molecule has 0 aliphatic carbocycles. The highest BCUT2D eigenvalue weighted by molar-refractivity contribution is 6.46. The number of benzene rings is 2. The fourth-order valence-corrected chi connectivity index (χ4v) is 4.82. The van der Waals surface area contributed by atoms with Crippen molar-refractivity contribution in [3.8, 4) is 5.75 Å². The second kappa shape index (κ2) is 10.8. The molecule has 1 N–H and O–H groups in total. The van der Waals surface area contributed by atoms with Gasteiger partial charge in [0.15, 0.2) is 0 Å². The number of likely N-dealkylation sites (tertiary alicyclic amines) is 1. The average Bonchev–Trinajstić information content (AvgIpc) is 3.13. The van der Waals surface area contributed by atoms with Gasteiger partial charge in [0.1, 0.15) is 11.5 Å². The van der Waals surface area contributed by atoms with Gasteiger partial charge in [0.05, 0.1) is 31.9 Å². The molecule has 2 heterocycles. The van der Waals surface area contributed by atoms with Crippen molar-refractivity contribution in [3.63, 3.8) is 0 Å². The largest absolute Gasteiger partial charge is 0.507 e. The lowest BCUT2D eigenvalue weighted by Crippen LogP contribution is -2.39. The summed E-state index contributed by atoms with van der Waals surface area (Å²) >= 11 is 0. The number of hydrogen-bond acceptors (Lipinski definition) is 6. The fourth-order valence-electron chi connectivity index (χ4n) is 4.82. The van der Waals surface area contributed by atoms with Crippen LogP contribution in [0.5, 0.6) is 5.75 Å². The zero-order chi connectivity index (χ0) is 25.9. The zero-order valence-corrected chi connectivity index (χ0v) is 21.6. The van der Waals surface area contributed by atoms with Crippen molar-refractivity contribution < 1.29 is 24.2 Å². The van der Waals surface area contributed by atoms with Crippen LogP contribution in [0.1, 0.15) is 49.9 Å². The monoisotopic (exact) mass is 492 g/mol. The SMILES string of the molecule is COc1ccc(/C(O)=C2\C(=O)C(=O)N(CCCN3CCOCC3)[C@H]2c2ccc(C(C)(C)C)cc2)cc1. The summed E-state index contributed by atoms with van der Waals surface area (Å²) in [5.74, 6) is -0.752.